The SMILES string of the molecule is N#CCNCCc1ccc2c(c1)NC(=O)CS2. The van der Waals surface area contributed by atoms with E-state index >= 15 is 0 Å². The summed E-state index contributed by atoms with van der Waals surface area (Å²) in [6, 6.07) is 8.15. The lowest BCUT2D eigenvalue weighted by molar-refractivity contribution is -0.113. The summed E-state index contributed by atoms with van der Waals surface area (Å²) in [6.07, 6.45) is 0.857. The van der Waals surface area contributed by atoms with Crippen LogP contribution in [0.4, 0.5) is 5.69 Å². The van der Waals surface area contributed by atoms with E-state index in [1.165, 1.54) is 0 Å². The summed E-state index contributed by atoms with van der Waals surface area (Å²) in [5, 5.41) is 14.3. The van der Waals surface area contributed by atoms with Gasteiger partial charge in [-0.05, 0) is 24.1 Å². The van der Waals surface area contributed by atoms with Crippen LogP contribution in [0.2, 0.25) is 0 Å². The Labute approximate surface area is 104 Å². The van der Waals surface area contributed by atoms with Crippen LogP contribution < -0.4 is 10.6 Å². The molecule has 1 aliphatic heterocycles. The molecule has 1 heterocycles. The van der Waals surface area contributed by atoms with Crippen molar-refractivity contribution >= 4 is 23.4 Å². The second kappa shape index (κ2) is 5.71. The van der Waals surface area contributed by atoms with Gasteiger partial charge in [-0.2, -0.15) is 5.26 Å². The van der Waals surface area contributed by atoms with Gasteiger partial charge in [-0.1, -0.05) is 6.07 Å². The van der Waals surface area contributed by atoms with Crippen LogP contribution in [0.25, 0.3) is 0 Å². The fourth-order valence-electron chi connectivity index (χ4n) is 1.66. The number of benzene rings is 1. The summed E-state index contributed by atoms with van der Waals surface area (Å²) in [6.45, 7) is 1.14. The Balaban J connectivity index is 1.98. The van der Waals surface area contributed by atoms with Crippen LogP contribution in [-0.2, 0) is 11.2 Å². The van der Waals surface area contributed by atoms with Crippen molar-refractivity contribution in [3.8, 4) is 6.07 Å². The van der Waals surface area contributed by atoms with Gasteiger partial charge < -0.3 is 10.6 Å². The summed E-state index contributed by atoms with van der Waals surface area (Å²) < 4.78 is 0. The van der Waals surface area contributed by atoms with E-state index in [2.05, 4.69) is 16.7 Å². The van der Waals surface area contributed by atoms with Gasteiger partial charge in [0, 0.05) is 11.4 Å². The van der Waals surface area contributed by atoms with Crippen LogP contribution in [0.15, 0.2) is 23.1 Å². The van der Waals surface area contributed by atoms with E-state index in [0.717, 1.165) is 29.1 Å². The highest BCUT2D eigenvalue weighted by atomic mass is 32.2. The highest BCUT2D eigenvalue weighted by molar-refractivity contribution is 8.00. The Hall–Kier alpha value is -1.51. The number of carbonyl (C=O) groups is 1. The Morgan fingerprint density at radius 1 is 1.53 bits per heavy atom. The van der Waals surface area contributed by atoms with Crippen LogP contribution >= 0.6 is 11.8 Å². The Morgan fingerprint density at radius 3 is 3.24 bits per heavy atom. The molecule has 5 heteroatoms. The fraction of sp³-hybridized carbons (Fsp3) is 0.333. The predicted molar refractivity (Wildman–Crippen MR) is 68.0 cm³/mol. The number of nitrogens with one attached hydrogen (secondary N) is 2. The third kappa shape index (κ3) is 3.22. The maximum atomic E-state index is 11.3. The molecule has 2 N–H and O–H groups in total. The summed E-state index contributed by atoms with van der Waals surface area (Å²) in [5.41, 5.74) is 2.07. The molecule has 1 aromatic carbocycles. The third-order valence-electron chi connectivity index (χ3n) is 2.47. The van der Waals surface area contributed by atoms with Gasteiger partial charge in [0.1, 0.15) is 0 Å². The lowest BCUT2D eigenvalue weighted by Gasteiger charge is -2.17. The molecule has 0 aromatic heterocycles. The predicted octanol–water partition coefficient (Wildman–Crippen LogP) is 1.39. The molecule has 0 bridgehead atoms. The lowest BCUT2D eigenvalue weighted by atomic mass is 10.1. The van der Waals surface area contributed by atoms with Crippen LogP contribution in [0.1, 0.15) is 5.56 Å². The molecule has 0 saturated carbocycles. The molecule has 1 aliphatic rings. The summed E-state index contributed by atoms with van der Waals surface area (Å²) in [4.78, 5) is 12.4. The molecule has 0 saturated heterocycles. The Bertz CT molecular complexity index is 467. The first kappa shape index (κ1) is 12.0. The van der Waals surface area contributed by atoms with Gasteiger partial charge in [-0.15, -0.1) is 11.8 Å². The number of rotatable bonds is 4. The van der Waals surface area contributed by atoms with Crippen molar-refractivity contribution in [3.05, 3.63) is 23.8 Å². The van der Waals surface area contributed by atoms with E-state index in [1.54, 1.807) is 11.8 Å². The monoisotopic (exact) mass is 247 g/mol. The van der Waals surface area contributed by atoms with Crippen LogP contribution in [0.5, 0.6) is 0 Å². The first-order valence-electron chi connectivity index (χ1n) is 5.43. The third-order valence-corrected chi connectivity index (χ3v) is 3.54. The van der Waals surface area contributed by atoms with Crippen LogP contribution in [0.3, 0.4) is 0 Å². The minimum atomic E-state index is 0.0576. The minimum absolute atomic E-state index is 0.0576. The lowest BCUT2D eigenvalue weighted by Crippen LogP contribution is -2.19. The average molecular weight is 247 g/mol. The topological polar surface area (TPSA) is 64.9 Å². The number of nitrogens with zero attached hydrogens (tertiary/aromatic N) is 1. The number of carbonyl (C=O) groups excluding carboxylic acids is 1. The number of hydrogen-bond donors (Lipinski definition) is 2. The van der Waals surface area contributed by atoms with E-state index in [-0.39, 0.29) is 5.91 Å². The molecule has 0 aliphatic carbocycles. The normalized spacial score (nSPS) is 13.7. The average Bonchev–Trinajstić information content (AvgIpc) is 2.34. The zero-order chi connectivity index (χ0) is 12.1. The first-order valence-corrected chi connectivity index (χ1v) is 6.41. The van der Waals surface area contributed by atoms with E-state index in [9.17, 15) is 4.79 Å². The van der Waals surface area contributed by atoms with E-state index in [0.29, 0.717) is 12.3 Å². The van der Waals surface area contributed by atoms with Gasteiger partial charge in [0.05, 0.1) is 24.1 Å². The summed E-state index contributed by atoms with van der Waals surface area (Å²) in [7, 11) is 0. The van der Waals surface area contributed by atoms with Gasteiger partial charge >= 0.3 is 0 Å². The number of anilines is 1. The smallest absolute Gasteiger partial charge is 0.234 e. The second-order valence-electron chi connectivity index (χ2n) is 3.75. The number of thioether (sulfide) groups is 1. The highest BCUT2D eigenvalue weighted by Gasteiger charge is 2.14. The van der Waals surface area contributed by atoms with Crippen LogP contribution in [-0.4, -0.2) is 24.7 Å². The summed E-state index contributed by atoms with van der Waals surface area (Å²) >= 11 is 1.57. The number of nitriles is 1. The molecule has 1 aromatic rings. The van der Waals surface area contributed by atoms with Gasteiger partial charge in [0.15, 0.2) is 0 Å². The van der Waals surface area contributed by atoms with Crippen molar-refractivity contribution in [2.45, 2.75) is 11.3 Å². The molecular weight excluding hydrogens is 234 g/mol. The van der Waals surface area contributed by atoms with Gasteiger partial charge in [-0.3, -0.25) is 4.79 Å². The maximum absolute atomic E-state index is 11.3. The fourth-order valence-corrected chi connectivity index (χ4v) is 2.45. The van der Waals surface area contributed by atoms with E-state index < -0.39 is 0 Å². The Morgan fingerprint density at radius 2 is 2.41 bits per heavy atom. The molecule has 88 valence electrons. The second-order valence-corrected chi connectivity index (χ2v) is 4.77. The zero-order valence-corrected chi connectivity index (χ0v) is 10.1. The molecule has 1 amide bonds. The highest BCUT2D eigenvalue weighted by Crippen LogP contribution is 2.31. The first-order chi connectivity index (χ1) is 8.29. The molecule has 2 rings (SSSR count). The van der Waals surface area contributed by atoms with E-state index in [1.807, 2.05) is 18.2 Å². The number of fused-ring (bicyclic) bond motifs is 1. The standard InChI is InChI=1S/C12H13N3OS/c13-4-6-14-5-3-9-1-2-11-10(7-9)15-12(16)8-17-11/h1-2,7,14H,3,5-6,8H2,(H,15,16). The molecule has 0 atom stereocenters. The van der Waals surface area contributed by atoms with Crippen molar-refractivity contribution in [1.82, 2.24) is 5.32 Å². The van der Waals surface area contributed by atoms with Gasteiger partial charge in [0.25, 0.3) is 0 Å². The molecule has 4 nitrogen and oxygen atoms in total. The minimum Gasteiger partial charge on any atom is -0.324 e. The van der Waals surface area contributed by atoms with Crippen molar-refractivity contribution in [2.75, 3.05) is 24.2 Å². The van der Waals surface area contributed by atoms with Crippen molar-refractivity contribution in [2.24, 2.45) is 0 Å². The molecule has 0 spiro atoms. The van der Waals surface area contributed by atoms with Crippen molar-refractivity contribution < 1.29 is 4.79 Å². The molecule has 17 heavy (non-hydrogen) atoms. The number of hydrogen-bond acceptors (Lipinski definition) is 4. The maximum Gasteiger partial charge on any atom is 0.234 e. The Kier molecular flexibility index (Phi) is 4.02. The van der Waals surface area contributed by atoms with Gasteiger partial charge in [0.2, 0.25) is 5.91 Å². The van der Waals surface area contributed by atoms with Crippen molar-refractivity contribution in [1.29, 1.82) is 5.26 Å². The number of amides is 1. The summed E-state index contributed by atoms with van der Waals surface area (Å²) in [5.74, 6) is 0.554. The largest absolute Gasteiger partial charge is 0.324 e. The van der Waals surface area contributed by atoms with Crippen molar-refractivity contribution in [3.63, 3.8) is 0 Å². The van der Waals surface area contributed by atoms with Gasteiger partial charge in [-0.25, -0.2) is 0 Å². The molecular formula is C12H13N3OS. The quantitative estimate of drug-likeness (QED) is 0.623. The molecule has 0 fully saturated rings. The van der Waals surface area contributed by atoms with E-state index in [4.69, 9.17) is 5.26 Å². The zero-order valence-electron chi connectivity index (χ0n) is 9.32. The van der Waals surface area contributed by atoms with Crippen LogP contribution in [0, 0.1) is 11.3 Å². The molecule has 0 unspecified atom stereocenters. The molecule has 0 radical (unpaired) electrons.